The molecule has 3 heteroatoms. The van der Waals surface area contributed by atoms with E-state index in [2.05, 4.69) is 25.0 Å². The zero-order valence-electron chi connectivity index (χ0n) is 10.2. The molecule has 1 unspecified atom stereocenters. The van der Waals surface area contributed by atoms with Crippen LogP contribution in [0.4, 0.5) is 0 Å². The largest absolute Gasteiger partial charge is 0.327 e. The van der Waals surface area contributed by atoms with Gasteiger partial charge in [-0.05, 0) is 18.9 Å². The summed E-state index contributed by atoms with van der Waals surface area (Å²) in [6.07, 6.45) is 5.50. The Labute approximate surface area is 92.7 Å². The van der Waals surface area contributed by atoms with Crippen LogP contribution in [0.1, 0.15) is 44.5 Å². The van der Waals surface area contributed by atoms with Crippen LogP contribution in [0.5, 0.6) is 0 Å². The number of unbranched alkanes of at least 4 members (excludes halogenated alkanes) is 1. The lowest BCUT2D eigenvalue weighted by molar-refractivity contribution is 0.551. The van der Waals surface area contributed by atoms with Crippen molar-refractivity contribution in [1.29, 1.82) is 0 Å². The van der Waals surface area contributed by atoms with Gasteiger partial charge in [0.15, 0.2) is 0 Å². The van der Waals surface area contributed by atoms with Gasteiger partial charge in [-0.1, -0.05) is 26.7 Å². The van der Waals surface area contributed by atoms with E-state index in [1.807, 2.05) is 11.7 Å². The Morgan fingerprint density at radius 3 is 2.73 bits per heavy atom. The van der Waals surface area contributed by atoms with Crippen molar-refractivity contribution in [2.75, 3.05) is 0 Å². The first-order valence-corrected chi connectivity index (χ1v) is 5.94. The van der Waals surface area contributed by atoms with Gasteiger partial charge in [-0.15, -0.1) is 0 Å². The molecule has 0 aliphatic rings. The van der Waals surface area contributed by atoms with Crippen LogP contribution in [0.15, 0.2) is 6.07 Å². The van der Waals surface area contributed by atoms with Crippen LogP contribution in [0.3, 0.4) is 0 Å². The van der Waals surface area contributed by atoms with Gasteiger partial charge in [0.1, 0.15) is 0 Å². The maximum atomic E-state index is 6.07. The van der Waals surface area contributed by atoms with E-state index in [4.69, 9.17) is 5.73 Å². The molecule has 0 aromatic carbocycles. The molecule has 0 fully saturated rings. The Kier molecular flexibility index (Phi) is 4.82. The van der Waals surface area contributed by atoms with Crippen LogP contribution in [0.2, 0.25) is 0 Å². The first-order valence-electron chi connectivity index (χ1n) is 5.94. The van der Waals surface area contributed by atoms with Crippen LogP contribution in [0.25, 0.3) is 0 Å². The van der Waals surface area contributed by atoms with Crippen LogP contribution < -0.4 is 5.73 Å². The van der Waals surface area contributed by atoms with E-state index in [1.54, 1.807) is 0 Å². The third kappa shape index (κ3) is 3.67. The Balaban J connectivity index is 2.51. The second kappa shape index (κ2) is 5.91. The van der Waals surface area contributed by atoms with Crippen LogP contribution in [0, 0.1) is 0 Å². The maximum Gasteiger partial charge on any atom is 0.0624 e. The Bertz CT molecular complexity index is 291. The number of nitrogens with zero attached hydrogens (tertiary/aromatic N) is 2. The molecule has 15 heavy (non-hydrogen) atoms. The summed E-state index contributed by atoms with van der Waals surface area (Å²) in [6, 6.07) is 2.45. The second-order valence-corrected chi connectivity index (χ2v) is 4.21. The van der Waals surface area contributed by atoms with Gasteiger partial charge in [0.2, 0.25) is 0 Å². The van der Waals surface area contributed by atoms with Crippen LogP contribution in [-0.4, -0.2) is 15.8 Å². The van der Waals surface area contributed by atoms with Gasteiger partial charge in [0.05, 0.1) is 5.69 Å². The average Bonchev–Trinajstić information content (AvgIpc) is 2.57. The number of hydrogen-bond acceptors (Lipinski definition) is 2. The van der Waals surface area contributed by atoms with E-state index in [1.165, 1.54) is 18.5 Å². The molecule has 0 aliphatic heterocycles. The molecule has 0 spiro atoms. The van der Waals surface area contributed by atoms with Gasteiger partial charge in [-0.25, -0.2) is 0 Å². The molecule has 0 amide bonds. The Hall–Kier alpha value is -0.830. The first-order chi connectivity index (χ1) is 7.17. The van der Waals surface area contributed by atoms with Crippen LogP contribution in [-0.2, 0) is 19.9 Å². The predicted octanol–water partition coefficient (Wildman–Crippen LogP) is 2.04. The van der Waals surface area contributed by atoms with Gasteiger partial charge in [-0.3, -0.25) is 4.68 Å². The lowest BCUT2D eigenvalue weighted by Gasteiger charge is -2.10. The average molecular weight is 209 g/mol. The first kappa shape index (κ1) is 12.2. The minimum absolute atomic E-state index is 0.282. The number of nitrogens with two attached hydrogens (primary N) is 1. The molecule has 0 bridgehead atoms. The van der Waals surface area contributed by atoms with Gasteiger partial charge in [-0.2, -0.15) is 5.10 Å². The smallest absolute Gasteiger partial charge is 0.0624 e. The highest BCUT2D eigenvalue weighted by molar-refractivity contribution is 5.11. The summed E-state index contributed by atoms with van der Waals surface area (Å²) in [4.78, 5) is 0. The van der Waals surface area contributed by atoms with E-state index in [9.17, 15) is 0 Å². The molecular formula is C12H23N3. The van der Waals surface area contributed by atoms with E-state index < -0.39 is 0 Å². The van der Waals surface area contributed by atoms with Crippen LogP contribution >= 0.6 is 0 Å². The molecule has 0 radical (unpaired) electrons. The monoisotopic (exact) mass is 209 g/mol. The zero-order valence-corrected chi connectivity index (χ0v) is 10.2. The van der Waals surface area contributed by atoms with Crippen molar-refractivity contribution in [3.8, 4) is 0 Å². The maximum absolute atomic E-state index is 6.07. The number of hydrogen-bond donors (Lipinski definition) is 1. The van der Waals surface area contributed by atoms with Gasteiger partial charge in [0.25, 0.3) is 0 Å². The fourth-order valence-corrected chi connectivity index (χ4v) is 1.77. The topological polar surface area (TPSA) is 43.8 Å². The third-order valence-electron chi connectivity index (χ3n) is 2.79. The predicted molar refractivity (Wildman–Crippen MR) is 63.8 cm³/mol. The summed E-state index contributed by atoms with van der Waals surface area (Å²) in [5, 5.41) is 4.42. The molecule has 1 rings (SSSR count). The molecule has 1 aromatic heterocycles. The molecule has 3 nitrogen and oxygen atoms in total. The minimum atomic E-state index is 0.282. The molecule has 2 N–H and O–H groups in total. The lowest BCUT2D eigenvalue weighted by atomic mass is 10.1. The van der Waals surface area contributed by atoms with Crippen molar-refractivity contribution < 1.29 is 0 Å². The highest BCUT2D eigenvalue weighted by Crippen LogP contribution is 2.09. The van der Waals surface area contributed by atoms with E-state index in [-0.39, 0.29) is 6.04 Å². The Morgan fingerprint density at radius 2 is 2.20 bits per heavy atom. The molecule has 1 atom stereocenters. The minimum Gasteiger partial charge on any atom is -0.327 e. The summed E-state index contributed by atoms with van der Waals surface area (Å²) >= 11 is 0. The molecule has 0 saturated heterocycles. The number of aryl methyl sites for hydroxylation is 2. The summed E-state index contributed by atoms with van der Waals surface area (Å²) in [5.74, 6) is 0. The SMILES string of the molecule is CCCCC(N)Cc1cc(CC)nn1C. The summed E-state index contributed by atoms with van der Waals surface area (Å²) in [7, 11) is 2.00. The van der Waals surface area contributed by atoms with E-state index >= 15 is 0 Å². The highest BCUT2D eigenvalue weighted by Gasteiger charge is 2.08. The van der Waals surface area contributed by atoms with Crippen molar-refractivity contribution in [1.82, 2.24) is 9.78 Å². The van der Waals surface area contributed by atoms with Crippen molar-refractivity contribution in [2.45, 2.75) is 52.0 Å². The normalized spacial score (nSPS) is 13.1. The van der Waals surface area contributed by atoms with E-state index in [0.717, 1.165) is 25.0 Å². The molecule has 0 saturated carbocycles. The van der Waals surface area contributed by atoms with Crippen molar-refractivity contribution in [2.24, 2.45) is 12.8 Å². The summed E-state index contributed by atoms with van der Waals surface area (Å²) in [5.41, 5.74) is 8.49. The van der Waals surface area contributed by atoms with Crippen molar-refractivity contribution in [3.63, 3.8) is 0 Å². The van der Waals surface area contributed by atoms with Gasteiger partial charge >= 0.3 is 0 Å². The molecule has 0 aliphatic carbocycles. The Morgan fingerprint density at radius 1 is 1.47 bits per heavy atom. The number of rotatable bonds is 6. The van der Waals surface area contributed by atoms with Gasteiger partial charge < -0.3 is 5.73 Å². The van der Waals surface area contributed by atoms with Crippen molar-refractivity contribution >= 4 is 0 Å². The fraction of sp³-hybridized carbons (Fsp3) is 0.750. The number of aromatic nitrogens is 2. The van der Waals surface area contributed by atoms with Gasteiger partial charge in [0, 0.05) is 25.2 Å². The quantitative estimate of drug-likeness (QED) is 0.779. The highest BCUT2D eigenvalue weighted by atomic mass is 15.3. The third-order valence-corrected chi connectivity index (χ3v) is 2.79. The molecular weight excluding hydrogens is 186 g/mol. The summed E-state index contributed by atoms with van der Waals surface area (Å²) in [6.45, 7) is 4.33. The second-order valence-electron chi connectivity index (χ2n) is 4.21. The molecule has 86 valence electrons. The summed E-state index contributed by atoms with van der Waals surface area (Å²) < 4.78 is 1.96. The lowest BCUT2D eigenvalue weighted by Crippen LogP contribution is -2.23. The standard InChI is InChI=1S/C12H23N3/c1-4-6-7-10(13)8-12-9-11(5-2)14-15(12)3/h9-10H,4-8,13H2,1-3H3. The van der Waals surface area contributed by atoms with E-state index in [0.29, 0.717) is 0 Å². The molecule has 1 aromatic rings. The molecule has 1 heterocycles. The van der Waals surface area contributed by atoms with Crippen molar-refractivity contribution in [3.05, 3.63) is 17.5 Å². The zero-order chi connectivity index (χ0) is 11.3. The fourth-order valence-electron chi connectivity index (χ4n) is 1.77.